The van der Waals surface area contributed by atoms with E-state index in [2.05, 4.69) is 20.1 Å². The van der Waals surface area contributed by atoms with Crippen molar-refractivity contribution < 1.29 is 4.79 Å². The minimum Gasteiger partial charge on any atom is -0.342 e. The van der Waals surface area contributed by atoms with Crippen LogP contribution in [0.4, 0.5) is 0 Å². The lowest BCUT2D eigenvalue weighted by Crippen LogP contribution is -2.27. The van der Waals surface area contributed by atoms with Gasteiger partial charge in [0.2, 0.25) is 0 Å². The van der Waals surface area contributed by atoms with Crippen LogP contribution < -0.4 is 0 Å². The molecule has 2 nitrogen and oxygen atoms in total. The van der Waals surface area contributed by atoms with Gasteiger partial charge in [-0.15, -0.1) is 13.2 Å². The van der Waals surface area contributed by atoms with E-state index >= 15 is 0 Å². The van der Waals surface area contributed by atoms with Crippen molar-refractivity contribution in [2.24, 2.45) is 0 Å². The van der Waals surface area contributed by atoms with Crippen LogP contribution >= 0.6 is 0 Å². The first kappa shape index (κ1) is 23.5. The van der Waals surface area contributed by atoms with Crippen molar-refractivity contribution in [1.29, 1.82) is 0 Å². The first-order valence-electron chi connectivity index (χ1n) is 7.54. The van der Waals surface area contributed by atoms with Crippen LogP contribution in [0.2, 0.25) is 0 Å². The molecule has 1 aromatic carbocycles. The van der Waals surface area contributed by atoms with Crippen LogP contribution in [0, 0.1) is 0 Å². The topological polar surface area (TPSA) is 20.3 Å². The molecule has 0 N–H and O–H groups in total. The standard InChI is InChI=1S/C12H17NO.2C2H6.C2H4/c1-4-10-8-6-7-9-11(10)12(14)13(3)5-2;3*1-2/h6-9H,4-5H2,1-3H3;2*1-2H3;1-2H2. The number of hydrogen-bond donors (Lipinski definition) is 0. The predicted octanol–water partition coefficient (Wildman–Crippen LogP) is 5.20. The Bertz CT molecular complexity index is 334. The second kappa shape index (κ2) is 17.4. The summed E-state index contributed by atoms with van der Waals surface area (Å²) in [5, 5.41) is 0. The van der Waals surface area contributed by atoms with Crippen molar-refractivity contribution in [3.05, 3.63) is 48.6 Å². The number of aryl methyl sites for hydroxylation is 1. The number of nitrogens with zero attached hydrogens (tertiary/aromatic N) is 1. The minimum absolute atomic E-state index is 0.116. The van der Waals surface area contributed by atoms with E-state index in [1.807, 2.05) is 65.9 Å². The summed E-state index contributed by atoms with van der Waals surface area (Å²) in [6, 6.07) is 7.79. The second-order valence-corrected chi connectivity index (χ2v) is 3.33. The van der Waals surface area contributed by atoms with E-state index in [-0.39, 0.29) is 5.91 Å². The normalized spacial score (nSPS) is 7.75. The van der Waals surface area contributed by atoms with Gasteiger partial charge in [-0.1, -0.05) is 52.8 Å². The average Bonchev–Trinajstić information content (AvgIpc) is 2.58. The summed E-state index contributed by atoms with van der Waals surface area (Å²) in [4.78, 5) is 13.6. The third-order valence-corrected chi connectivity index (χ3v) is 2.45. The van der Waals surface area contributed by atoms with Gasteiger partial charge in [-0.2, -0.15) is 0 Å². The SMILES string of the molecule is C=C.CC.CC.CCc1ccccc1C(=O)N(C)CC. The Morgan fingerprint density at radius 1 is 1.05 bits per heavy atom. The van der Waals surface area contributed by atoms with Crippen molar-refractivity contribution in [2.75, 3.05) is 13.6 Å². The zero-order valence-corrected chi connectivity index (χ0v) is 14.5. The van der Waals surface area contributed by atoms with E-state index in [0.717, 1.165) is 24.1 Å². The van der Waals surface area contributed by atoms with Crippen LogP contribution in [-0.4, -0.2) is 24.4 Å². The van der Waals surface area contributed by atoms with Crippen molar-refractivity contribution in [2.45, 2.75) is 48.0 Å². The maximum Gasteiger partial charge on any atom is 0.253 e. The lowest BCUT2D eigenvalue weighted by Gasteiger charge is -2.16. The van der Waals surface area contributed by atoms with E-state index in [9.17, 15) is 4.79 Å². The van der Waals surface area contributed by atoms with E-state index in [4.69, 9.17) is 0 Å². The van der Waals surface area contributed by atoms with Gasteiger partial charge < -0.3 is 4.90 Å². The number of benzene rings is 1. The first-order chi connectivity index (χ1) is 9.70. The van der Waals surface area contributed by atoms with Crippen molar-refractivity contribution in [3.8, 4) is 0 Å². The smallest absolute Gasteiger partial charge is 0.253 e. The van der Waals surface area contributed by atoms with Gasteiger partial charge in [0, 0.05) is 19.2 Å². The molecule has 1 rings (SSSR count). The molecule has 0 radical (unpaired) electrons. The highest BCUT2D eigenvalue weighted by Gasteiger charge is 2.12. The van der Waals surface area contributed by atoms with E-state index in [0.29, 0.717) is 0 Å². The largest absolute Gasteiger partial charge is 0.342 e. The molecule has 2 heteroatoms. The summed E-state index contributed by atoms with van der Waals surface area (Å²) in [6.45, 7) is 18.8. The molecule has 1 amide bonds. The zero-order valence-electron chi connectivity index (χ0n) is 14.5. The van der Waals surface area contributed by atoms with Crippen molar-refractivity contribution in [1.82, 2.24) is 4.90 Å². The Balaban J connectivity index is -0.000000425. The van der Waals surface area contributed by atoms with Crippen LogP contribution in [0.3, 0.4) is 0 Å². The molecular formula is C18H33NO. The Kier molecular flexibility index (Phi) is 20.5. The summed E-state index contributed by atoms with van der Waals surface area (Å²) < 4.78 is 0. The third-order valence-electron chi connectivity index (χ3n) is 2.45. The molecule has 1 aromatic rings. The molecule has 0 spiro atoms. The second-order valence-electron chi connectivity index (χ2n) is 3.33. The fourth-order valence-corrected chi connectivity index (χ4v) is 1.39. The van der Waals surface area contributed by atoms with Gasteiger partial charge in [0.1, 0.15) is 0 Å². The van der Waals surface area contributed by atoms with Gasteiger partial charge in [-0.05, 0) is 25.0 Å². The van der Waals surface area contributed by atoms with Crippen molar-refractivity contribution >= 4 is 5.91 Å². The lowest BCUT2D eigenvalue weighted by molar-refractivity contribution is 0.0801. The van der Waals surface area contributed by atoms with Gasteiger partial charge in [-0.3, -0.25) is 4.79 Å². The van der Waals surface area contributed by atoms with Crippen LogP contribution in [0.1, 0.15) is 57.5 Å². The van der Waals surface area contributed by atoms with E-state index in [1.165, 1.54) is 0 Å². The monoisotopic (exact) mass is 279 g/mol. The summed E-state index contributed by atoms with van der Waals surface area (Å²) >= 11 is 0. The number of amides is 1. The van der Waals surface area contributed by atoms with E-state index in [1.54, 1.807) is 4.90 Å². The summed E-state index contributed by atoms with van der Waals surface area (Å²) in [6.07, 6.45) is 0.902. The average molecular weight is 279 g/mol. The van der Waals surface area contributed by atoms with Crippen LogP contribution in [-0.2, 0) is 6.42 Å². The molecule has 0 bridgehead atoms. The molecule has 0 fully saturated rings. The number of rotatable bonds is 3. The molecule has 0 heterocycles. The van der Waals surface area contributed by atoms with Crippen molar-refractivity contribution in [3.63, 3.8) is 0 Å². The molecule has 0 saturated heterocycles. The molecule has 0 aliphatic rings. The summed E-state index contributed by atoms with van der Waals surface area (Å²) in [5.74, 6) is 0.116. The summed E-state index contributed by atoms with van der Waals surface area (Å²) in [5.41, 5.74) is 1.96. The first-order valence-corrected chi connectivity index (χ1v) is 7.54. The Morgan fingerprint density at radius 3 is 1.90 bits per heavy atom. The molecule has 0 aliphatic heterocycles. The molecule has 0 aliphatic carbocycles. The van der Waals surface area contributed by atoms with Crippen LogP contribution in [0.15, 0.2) is 37.4 Å². The molecule has 0 atom stereocenters. The highest BCUT2D eigenvalue weighted by Crippen LogP contribution is 2.11. The fourth-order valence-electron chi connectivity index (χ4n) is 1.39. The van der Waals surface area contributed by atoms with Gasteiger partial charge in [-0.25, -0.2) is 0 Å². The predicted molar refractivity (Wildman–Crippen MR) is 92.4 cm³/mol. The lowest BCUT2D eigenvalue weighted by atomic mass is 10.0. The zero-order chi connectivity index (χ0) is 16.6. The maximum absolute atomic E-state index is 11.9. The van der Waals surface area contributed by atoms with Crippen LogP contribution in [0.25, 0.3) is 0 Å². The third kappa shape index (κ3) is 8.52. The number of carbonyl (C=O) groups is 1. The number of hydrogen-bond acceptors (Lipinski definition) is 1. The van der Waals surface area contributed by atoms with Gasteiger partial charge >= 0.3 is 0 Å². The molecule has 0 aromatic heterocycles. The maximum atomic E-state index is 11.9. The Labute approximate surface area is 126 Å². The molecule has 0 saturated carbocycles. The number of carbonyl (C=O) groups excluding carboxylic acids is 1. The van der Waals surface area contributed by atoms with E-state index < -0.39 is 0 Å². The molecule has 0 unspecified atom stereocenters. The van der Waals surface area contributed by atoms with Gasteiger partial charge in [0.05, 0.1) is 0 Å². The summed E-state index contributed by atoms with van der Waals surface area (Å²) in [7, 11) is 1.83. The Morgan fingerprint density at radius 2 is 1.50 bits per heavy atom. The Hall–Kier alpha value is -1.57. The highest BCUT2D eigenvalue weighted by atomic mass is 16.2. The fraction of sp³-hybridized carbons (Fsp3) is 0.500. The quantitative estimate of drug-likeness (QED) is 0.697. The van der Waals surface area contributed by atoms with Crippen LogP contribution in [0.5, 0.6) is 0 Å². The minimum atomic E-state index is 0.116. The molecular weight excluding hydrogens is 246 g/mol. The molecule has 20 heavy (non-hydrogen) atoms. The van der Waals surface area contributed by atoms with Gasteiger partial charge in [0.25, 0.3) is 5.91 Å². The van der Waals surface area contributed by atoms with Gasteiger partial charge in [0.15, 0.2) is 0 Å². The molecule has 116 valence electrons. The highest BCUT2D eigenvalue weighted by molar-refractivity contribution is 5.95.